The number of carbonyl (C=O) groups is 1. The van der Waals surface area contributed by atoms with Crippen LogP contribution < -0.4 is 5.73 Å². The Labute approximate surface area is 109 Å². The molecule has 2 aromatic rings. The van der Waals surface area contributed by atoms with Crippen molar-refractivity contribution in [2.45, 2.75) is 13.3 Å². The molecule has 0 amide bonds. The molecule has 0 saturated heterocycles. The summed E-state index contributed by atoms with van der Waals surface area (Å²) < 4.78 is 4.69. The Morgan fingerprint density at radius 2 is 2.33 bits per heavy atom. The monoisotopic (exact) mass is 263 g/mol. The number of thiazole rings is 1. The van der Waals surface area contributed by atoms with Crippen LogP contribution in [0.3, 0.4) is 0 Å². The van der Waals surface area contributed by atoms with Crippen LogP contribution in [0.25, 0.3) is 10.6 Å². The molecule has 0 fully saturated rings. The maximum atomic E-state index is 10.1. The molecule has 0 aliphatic heterocycles. The van der Waals surface area contributed by atoms with Crippen LogP contribution in [0.4, 0.5) is 5.82 Å². The fraction of sp³-hybridized carbons (Fsp3) is 0.250. The topological polar surface area (TPSA) is 78.1 Å². The molecule has 0 aliphatic carbocycles. The fourth-order valence-electron chi connectivity index (χ4n) is 1.51. The van der Waals surface area contributed by atoms with Gasteiger partial charge in [-0.3, -0.25) is 4.79 Å². The van der Waals surface area contributed by atoms with Crippen LogP contribution >= 0.6 is 11.3 Å². The number of ether oxygens (including phenoxy) is 1. The van der Waals surface area contributed by atoms with Crippen LogP contribution in [-0.2, 0) is 16.0 Å². The zero-order chi connectivity index (χ0) is 13.0. The van der Waals surface area contributed by atoms with Crippen LogP contribution in [0.15, 0.2) is 18.3 Å². The van der Waals surface area contributed by atoms with Gasteiger partial charge in [-0.2, -0.15) is 0 Å². The molecule has 2 N–H and O–H groups in total. The van der Waals surface area contributed by atoms with E-state index in [9.17, 15) is 4.79 Å². The van der Waals surface area contributed by atoms with E-state index in [0.717, 1.165) is 21.1 Å². The van der Waals surface area contributed by atoms with Gasteiger partial charge in [0.2, 0.25) is 0 Å². The largest absolute Gasteiger partial charge is 0.468 e. The second kappa shape index (κ2) is 5.59. The summed E-state index contributed by atoms with van der Waals surface area (Å²) in [7, 11) is 0. The lowest BCUT2D eigenvalue weighted by Crippen LogP contribution is -1.95. The number of nitrogens with two attached hydrogens (primary N) is 1. The summed E-state index contributed by atoms with van der Waals surface area (Å²) >= 11 is 1.58. The molecule has 94 valence electrons. The number of aromatic nitrogens is 2. The van der Waals surface area contributed by atoms with E-state index < -0.39 is 0 Å². The van der Waals surface area contributed by atoms with E-state index in [1.165, 1.54) is 0 Å². The van der Waals surface area contributed by atoms with E-state index in [0.29, 0.717) is 25.3 Å². The van der Waals surface area contributed by atoms with Crippen molar-refractivity contribution in [2.75, 3.05) is 12.3 Å². The molecule has 18 heavy (non-hydrogen) atoms. The van der Waals surface area contributed by atoms with Crippen LogP contribution in [-0.4, -0.2) is 23.0 Å². The van der Waals surface area contributed by atoms with Crippen molar-refractivity contribution >= 4 is 23.6 Å². The molecule has 6 heteroatoms. The number of nitrogens with zero attached hydrogens (tertiary/aromatic N) is 2. The van der Waals surface area contributed by atoms with Gasteiger partial charge in [-0.1, -0.05) is 0 Å². The number of pyridine rings is 1. The molecule has 2 heterocycles. The summed E-state index contributed by atoms with van der Waals surface area (Å²) in [4.78, 5) is 19.7. The summed E-state index contributed by atoms with van der Waals surface area (Å²) in [6.45, 7) is 2.79. The third-order valence-corrected chi connectivity index (χ3v) is 3.71. The second-order valence-electron chi connectivity index (χ2n) is 3.72. The predicted molar refractivity (Wildman–Crippen MR) is 70.2 cm³/mol. The number of rotatable bonds is 5. The normalized spacial score (nSPS) is 10.3. The highest BCUT2D eigenvalue weighted by molar-refractivity contribution is 7.15. The molecule has 0 unspecified atom stereocenters. The average Bonchev–Trinajstić information content (AvgIpc) is 2.72. The summed E-state index contributed by atoms with van der Waals surface area (Å²) in [6.07, 6.45) is 2.39. The van der Waals surface area contributed by atoms with Gasteiger partial charge < -0.3 is 10.5 Å². The molecule has 0 radical (unpaired) electrons. The first kappa shape index (κ1) is 12.5. The highest BCUT2D eigenvalue weighted by Crippen LogP contribution is 2.27. The molecule has 0 bridgehead atoms. The highest BCUT2D eigenvalue weighted by atomic mass is 32.1. The quantitative estimate of drug-likeness (QED) is 0.657. The molecule has 5 nitrogen and oxygen atoms in total. The Kier molecular flexibility index (Phi) is 3.88. The van der Waals surface area contributed by atoms with Crippen LogP contribution in [0.1, 0.15) is 10.6 Å². The molecular formula is C12H13N3O2S. The van der Waals surface area contributed by atoms with Crippen molar-refractivity contribution in [3.8, 4) is 10.6 Å². The molecule has 0 spiro atoms. The molecule has 0 aliphatic rings. The van der Waals surface area contributed by atoms with Crippen LogP contribution in [0.5, 0.6) is 0 Å². The van der Waals surface area contributed by atoms with Gasteiger partial charge in [0, 0.05) is 23.1 Å². The number of anilines is 1. The molecular weight excluding hydrogens is 250 g/mol. The third-order valence-electron chi connectivity index (χ3n) is 2.44. The van der Waals surface area contributed by atoms with E-state index in [-0.39, 0.29) is 0 Å². The van der Waals surface area contributed by atoms with Crippen molar-refractivity contribution in [2.24, 2.45) is 0 Å². The number of hydrogen-bond acceptors (Lipinski definition) is 6. The predicted octanol–water partition coefficient (Wildman–Crippen LogP) is 1.81. The number of nitrogen functional groups attached to an aromatic ring is 1. The molecule has 2 rings (SSSR count). The summed E-state index contributed by atoms with van der Waals surface area (Å²) in [5.41, 5.74) is 7.45. The van der Waals surface area contributed by atoms with Gasteiger partial charge in [-0.25, -0.2) is 9.97 Å². The van der Waals surface area contributed by atoms with Crippen molar-refractivity contribution in [1.82, 2.24) is 9.97 Å². The number of carbonyl (C=O) groups excluding carboxylic acids is 1. The first-order valence-electron chi connectivity index (χ1n) is 5.44. The third kappa shape index (κ3) is 2.84. The smallest absolute Gasteiger partial charge is 0.293 e. The van der Waals surface area contributed by atoms with Crippen molar-refractivity contribution < 1.29 is 9.53 Å². The zero-order valence-electron chi connectivity index (χ0n) is 9.92. The Morgan fingerprint density at radius 1 is 1.50 bits per heavy atom. The lowest BCUT2D eigenvalue weighted by Gasteiger charge is -1.96. The van der Waals surface area contributed by atoms with Crippen molar-refractivity contribution in [3.05, 3.63) is 28.9 Å². The van der Waals surface area contributed by atoms with E-state index in [1.54, 1.807) is 23.6 Å². The van der Waals surface area contributed by atoms with E-state index >= 15 is 0 Å². The van der Waals surface area contributed by atoms with Gasteiger partial charge in [0.25, 0.3) is 6.47 Å². The van der Waals surface area contributed by atoms with Gasteiger partial charge in [0.1, 0.15) is 10.8 Å². The lowest BCUT2D eigenvalue weighted by molar-refractivity contribution is -0.128. The summed E-state index contributed by atoms with van der Waals surface area (Å²) in [5.74, 6) is 0.492. The van der Waals surface area contributed by atoms with Crippen molar-refractivity contribution in [3.63, 3.8) is 0 Å². The highest BCUT2D eigenvalue weighted by Gasteiger charge is 2.09. The minimum Gasteiger partial charge on any atom is -0.468 e. The summed E-state index contributed by atoms with van der Waals surface area (Å²) in [6, 6.07) is 3.65. The minimum atomic E-state index is 0.381. The first-order chi connectivity index (χ1) is 8.70. The molecule has 0 aromatic carbocycles. The van der Waals surface area contributed by atoms with E-state index in [2.05, 4.69) is 9.97 Å². The van der Waals surface area contributed by atoms with Crippen LogP contribution in [0, 0.1) is 6.92 Å². The minimum absolute atomic E-state index is 0.381. The molecule has 0 atom stereocenters. The Morgan fingerprint density at radius 3 is 3.00 bits per heavy atom. The Hall–Kier alpha value is -1.95. The zero-order valence-corrected chi connectivity index (χ0v) is 10.7. The number of hydrogen-bond donors (Lipinski definition) is 1. The maximum Gasteiger partial charge on any atom is 0.293 e. The number of aryl methyl sites for hydroxylation is 1. The van der Waals surface area contributed by atoms with Gasteiger partial charge in [-0.15, -0.1) is 11.3 Å². The SMILES string of the molecule is Cc1nc(-c2ccc(N)nc2)sc1CCOC=O. The Balaban J connectivity index is 2.17. The average molecular weight is 263 g/mol. The van der Waals surface area contributed by atoms with Gasteiger partial charge in [-0.05, 0) is 19.1 Å². The fourth-order valence-corrected chi connectivity index (χ4v) is 2.55. The molecule has 2 aromatic heterocycles. The van der Waals surface area contributed by atoms with E-state index in [4.69, 9.17) is 10.5 Å². The molecule has 0 saturated carbocycles. The standard InChI is InChI=1S/C12H13N3O2S/c1-8-10(4-5-17-7-16)18-12(15-8)9-2-3-11(13)14-6-9/h2-3,6-7H,4-5H2,1H3,(H2,13,14). The maximum absolute atomic E-state index is 10.1. The van der Waals surface area contributed by atoms with Gasteiger partial charge in [0.05, 0.1) is 12.3 Å². The van der Waals surface area contributed by atoms with Crippen molar-refractivity contribution in [1.29, 1.82) is 0 Å². The van der Waals surface area contributed by atoms with Gasteiger partial charge >= 0.3 is 0 Å². The van der Waals surface area contributed by atoms with E-state index in [1.807, 2.05) is 13.0 Å². The summed E-state index contributed by atoms with van der Waals surface area (Å²) in [5, 5.41) is 0.904. The van der Waals surface area contributed by atoms with Crippen LogP contribution in [0.2, 0.25) is 0 Å². The second-order valence-corrected chi connectivity index (χ2v) is 4.80. The first-order valence-corrected chi connectivity index (χ1v) is 6.26. The Bertz CT molecular complexity index is 537. The lowest BCUT2D eigenvalue weighted by atomic mass is 10.3. The van der Waals surface area contributed by atoms with Gasteiger partial charge in [0.15, 0.2) is 0 Å².